The molecular formula is C20H31N3O3S. The molecule has 2 fully saturated rings. The Morgan fingerprint density at radius 1 is 1.04 bits per heavy atom. The van der Waals surface area contributed by atoms with Gasteiger partial charge < -0.3 is 4.90 Å². The zero-order valence-corrected chi connectivity index (χ0v) is 17.5. The minimum Gasteiger partial charge on any atom is -0.336 e. The summed E-state index contributed by atoms with van der Waals surface area (Å²) in [4.78, 5) is 14.6. The lowest BCUT2D eigenvalue weighted by Crippen LogP contribution is -2.55. The summed E-state index contributed by atoms with van der Waals surface area (Å²) in [5.74, 6) is -0.00566. The Bertz CT molecular complexity index is 780. The average Bonchev–Trinajstić information content (AvgIpc) is 2.69. The molecule has 0 aromatic heterocycles. The summed E-state index contributed by atoms with van der Waals surface area (Å²) in [6, 6.07) is 5.86. The minimum atomic E-state index is -3.46. The smallest absolute Gasteiger partial charge is 0.282 e. The molecular weight excluding hydrogens is 362 g/mol. The molecule has 0 spiro atoms. The molecule has 1 aromatic rings. The van der Waals surface area contributed by atoms with Crippen molar-refractivity contribution in [3.63, 3.8) is 0 Å². The van der Waals surface area contributed by atoms with Gasteiger partial charge in [-0.05, 0) is 43.9 Å². The Morgan fingerprint density at radius 2 is 1.67 bits per heavy atom. The fourth-order valence-electron chi connectivity index (χ4n) is 4.09. The molecule has 0 radical (unpaired) electrons. The van der Waals surface area contributed by atoms with Gasteiger partial charge in [0.05, 0.1) is 0 Å². The van der Waals surface area contributed by atoms with E-state index in [1.165, 1.54) is 10.7 Å². The molecule has 3 rings (SSSR count). The molecule has 0 atom stereocenters. The van der Waals surface area contributed by atoms with Crippen molar-refractivity contribution < 1.29 is 13.2 Å². The zero-order chi connectivity index (χ0) is 19.6. The monoisotopic (exact) mass is 393 g/mol. The molecule has 1 saturated carbocycles. The molecule has 0 unspecified atom stereocenters. The van der Waals surface area contributed by atoms with Crippen molar-refractivity contribution in [2.75, 3.05) is 33.2 Å². The largest absolute Gasteiger partial charge is 0.336 e. The third-order valence-corrected chi connectivity index (χ3v) is 8.18. The lowest BCUT2D eigenvalue weighted by atomic mass is 9.96. The molecule has 6 nitrogen and oxygen atoms in total. The third kappa shape index (κ3) is 4.20. The van der Waals surface area contributed by atoms with E-state index in [9.17, 15) is 13.2 Å². The van der Waals surface area contributed by atoms with E-state index < -0.39 is 10.2 Å². The van der Waals surface area contributed by atoms with E-state index in [0.717, 1.165) is 36.8 Å². The fraction of sp³-hybridized carbons (Fsp3) is 0.650. The van der Waals surface area contributed by atoms with Gasteiger partial charge in [0, 0.05) is 44.8 Å². The van der Waals surface area contributed by atoms with Gasteiger partial charge in [-0.3, -0.25) is 4.79 Å². The van der Waals surface area contributed by atoms with Gasteiger partial charge in [-0.1, -0.05) is 31.4 Å². The van der Waals surface area contributed by atoms with E-state index in [1.807, 2.05) is 32.0 Å². The standard InChI is InChI=1S/C20H31N3O3S/c1-16-8-7-11-19(17(16)2)20(24)22-12-14-23(15-13-22)27(25,26)21(3)18-9-5-4-6-10-18/h7-8,11,18H,4-6,9-10,12-15H2,1-3H3. The number of piperazine rings is 1. The number of nitrogens with zero attached hydrogens (tertiary/aromatic N) is 3. The summed E-state index contributed by atoms with van der Waals surface area (Å²) in [5.41, 5.74) is 2.80. The molecule has 0 N–H and O–H groups in total. The van der Waals surface area contributed by atoms with Gasteiger partial charge in [0.25, 0.3) is 16.1 Å². The summed E-state index contributed by atoms with van der Waals surface area (Å²) < 4.78 is 29.1. The second-order valence-electron chi connectivity index (χ2n) is 7.75. The summed E-state index contributed by atoms with van der Waals surface area (Å²) in [7, 11) is -1.75. The van der Waals surface area contributed by atoms with E-state index in [4.69, 9.17) is 0 Å². The SMILES string of the molecule is Cc1cccc(C(=O)N2CCN(S(=O)(=O)N(C)C3CCCCC3)CC2)c1C. The van der Waals surface area contributed by atoms with E-state index in [2.05, 4.69) is 0 Å². The molecule has 7 heteroatoms. The van der Waals surface area contributed by atoms with E-state index in [0.29, 0.717) is 31.7 Å². The molecule has 1 saturated heterocycles. The molecule has 1 aliphatic carbocycles. The van der Waals surface area contributed by atoms with Crippen LogP contribution in [0.3, 0.4) is 0 Å². The minimum absolute atomic E-state index is 0.00566. The molecule has 1 heterocycles. The van der Waals surface area contributed by atoms with Crippen LogP contribution in [0.1, 0.15) is 53.6 Å². The number of aryl methyl sites for hydroxylation is 1. The van der Waals surface area contributed by atoms with Gasteiger partial charge in [0.2, 0.25) is 0 Å². The van der Waals surface area contributed by atoms with Gasteiger partial charge in [0.1, 0.15) is 0 Å². The van der Waals surface area contributed by atoms with Gasteiger partial charge >= 0.3 is 0 Å². The first kappa shape index (κ1) is 20.3. The highest BCUT2D eigenvalue weighted by Gasteiger charge is 2.35. The molecule has 0 bridgehead atoms. The maximum absolute atomic E-state index is 13.0. The average molecular weight is 394 g/mol. The Labute approximate surface area is 163 Å². The molecule has 1 amide bonds. The van der Waals surface area contributed by atoms with Gasteiger partial charge in [-0.25, -0.2) is 0 Å². The first-order valence-corrected chi connectivity index (χ1v) is 11.3. The van der Waals surface area contributed by atoms with Crippen LogP contribution in [0, 0.1) is 13.8 Å². The maximum Gasteiger partial charge on any atom is 0.282 e. The van der Waals surface area contributed by atoms with Crippen molar-refractivity contribution in [2.24, 2.45) is 0 Å². The number of benzene rings is 1. The van der Waals surface area contributed by atoms with E-state index in [-0.39, 0.29) is 11.9 Å². The molecule has 2 aliphatic rings. The number of amides is 1. The lowest BCUT2D eigenvalue weighted by Gasteiger charge is -2.38. The second kappa shape index (κ2) is 8.29. The first-order chi connectivity index (χ1) is 12.8. The highest BCUT2D eigenvalue weighted by Crippen LogP contribution is 2.25. The fourth-order valence-corrected chi connectivity index (χ4v) is 5.67. The topological polar surface area (TPSA) is 60.9 Å². The van der Waals surface area contributed by atoms with Crippen LogP contribution in [0.4, 0.5) is 0 Å². The predicted octanol–water partition coefficient (Wildman–Crippen LogP) is 2.57. The zero-order valence-electron chi connectivity index (χ0n) is 16.6. The van der Waals surface area contributed by atoms with Crippen LogP contribution in [0.25, 0.3) is 0 Å². The normalized spacial score (nSPS) is 20.2. The van der Waals surface area contributed by atoms with Crippen molar-refractivity contribution in [3.05, 3.63) is 34.9 Å². The van der Waals surface area contributed by atoms with Crippen molar-refractivity contribution >= 4 is 16.1 Å². The number of carbonyl (C=O) groups is 1. The van der Waals surface area contributed by atoms with Crippen molar-refractivity contribution in [3.8, 4) is 0 Å². The van der Waals surface area contributed by atoms with Crippen molar-refractivity contribution in [1.29, 1.82) is 0 Å². The van der Waals surface area contributed by atoms with E-state index >= 15 is 0 Å². The van der Waals surface area contributed by atoms with Crippen LogP contribution >= 0.6 is 0 Å². The Hall–Kier alpha value is -1.44. The highest BCUT2D eigenvalue weighted by molar-refractivity contribution is 7.86. The third-order valence-electron chi connectivity index (χ3n) is 6.14. The quantitative estimate of drug-likeness (QED) is 0.790. The summed E-state index contributed by atoms with van der Waals surface area (Å²) in [5, 5.41) is 0. The van der Waals surface area contributed by atoms with Crippen molar-refractivity contribution in [2.45, 2.75) is 52.0 Å². The van der Waals surface area contributed by atoms with Crippen LogP contribution in [0.15, 0.2) is 18.2 Å². The van der Waals surface area contributed by atoms with Gasteiger partial charge in [0.15, 0.2) is 0 Å². The number of hydrogen-bond donors (Lipinski definition) is 0. The molecule has 1 aromatic carbocycles. The number of carbonyl (C=O) groups excluding carboxylic acids is 1. The summed E-state index contributed by atoms with van der Waals surface area (Å²) in [6.07, 6.45) is 5.29. The maximum atomic E-state index is 13.0. The first-order valence-electron chi connectivity index (χ1n) is 9.91. The molecule has 1 aliphatic heterocycles. The predicted molar refractivity (Wildman–Crippen MR) is 107 cm³/mol. The molecule has 150 valence electrons. The molecule has 27 heavy (non-hydrogen) atoms. The van der Waals surface area contributed by atoms with Crippen LogP contribution < -0.4 is 0 Å². The van der Waals surface area contributed by atoms with Crippen LogP contribution in [0.5, 0.6) is 0 Å². The Kier molecular flexibility index (Phi) is 6.23. The highest BCUT2D eigenvalue weighted by atomic mass is 32.2. The number of rotatable bonds is 4. The Balaban J connectivity index is 1.64. The van der Waals surface area contributed by atoms with Crippen molar-refractivity contribution in [1.82, 2.24) is 13.5 Å². The van der Waals surface area contributed by atoms with Crippen LogP contribution in [-0.4, -0.2) is 67.1 Å². The van der Waals surface area contributed by atoms with Crippen LogP contribution in [0.2, 0.25) is 0 Å². The second-order valence-corrected chi connectivity index (χ2v) is 9.74. The Morgan fingerprint density at radius 3 is 2.30 bits per heavy atom. The van der Waals surface area contributed by atoms with E-state index in [1.54, 1.807) is 16.3 Å². The number of hydrogen-bond acceptors (Lipinski definition) is 3. The summed E-state index contributed by atoms with van der Waals surface area (Å²) >= 11 is 0. The van der Waals surface area contributed by atoms with Gasteiger partial charge in [-0.15, -0.1) is 0 Å². The van der Waals surface area contributed by atoms with Crippen LogP contribution in [-0.2, 0) is 10.2 Å². The summed E-state index contributed by atoms with van der Waals surface area (Å²) in [6.45, 7) is 5.54. The lowest BCUT2D eigenvalue weighted by molar-refractivity contribution is 0.0692. The van der Waals surface area contributed by atoms with Gasteiger partial charge in [-0.2, -0.15) is 17.0 Å².